The minimum Gasteiger partial charge on any atom is -0.496 e. The highest BCUT2D eigenvalue weighted by Gasteiger charge is 2.16. The number of benzene rings is 1. The van der Waals surface area contributed by atoms with E-state index in [9.17, 15) is 4.79 Å². The van der Waals surface area contributed by atoms with Crippen LogP contribution in [0.25, 0.3) is 0 Å². The van der Waals surface area contributed by atoms with Gasteiger partial charge in [-0.05, 0) is 12.1 Å². The Kier molecular flexibility index (Phi) is 2.74. The SMILES string of the molecule is COc1cccc(OC)c1C(=O)O. The Labute approximate surface area is 75.7 Å². The van der Waals surface area contributed by atoms with Crippen molar-refractivity contribution in [1.29, 1.82) is 0 Å². The summed E-state index contributed by atoms with van der Waals surface area (Å²) < 4.78 is 9.78. The average Bonchev–Trinajstić information content (AvgIpc) is 2.16. The molecule has 0 aromatic heterocycles. The second kappa shape index (κ2) is 3.80. The molecule has 0 atom stereocenters. The van der Waals surface area contributed by atoms with Gasteiger partial charge in [-0.15, -0.1) is 0 Å². The molecule has 0 saturated carbocycles. The first-order chi connectivity index (χ1) is 6.20. The van der Waals surface area contributed by atoms with Gasteiger partial charge in [-0.2, -0.15) is 0 Å². The third kappa shape index (κ3) is 1.72. The number of hydrogen-bond acceptors (Lipinski definition) is 3. The quantitative estimate of drug-likeness (QED) is 0.767. The summed E-state index contributed by atoms with van der Waals surface area (Å²) in [6.45, 7) is 0. The van der Waals surface area contributed by atoms with Crippen LogP contribution in [0.15, 0.2) is 18.2 Å². The minimum atomic E-state index is -1.06. The van der Waals surface area contributed by atoms with E-state index in [1.54, 1.807) is 18.2 Å². The topological polar surface area (TPSA) is 55.8 Å². The molecular weight excluding hydrogens is 172 g/mol. The van der Waals surface area contributed by atoms with Crippen molar-refractivity contribution in [1.82, 2.24) is 0 Å². The zero-order valence-electron chi connectivity index (χ0n) is 7.40. The predicted octanol–water partition coefficient (Wildman–Crippen LogP) is 1.40. The Balaban J connectivity index is 3.29. The minimum absolute atomic E-state index is 0.0486. The highest BCUT2D eigenvalue weighted by atomic mass is 16.5. The summed E-state index contributed by atoms with van der Waals surface area (Å²) in [5.41, 5.74) is 0.0486. The molecule has 1 rings (SSSR count). The number of rotatable bonds is 3. The van der Waals surface area contributed by atoms with E-state index < -0.39 is 5.97 Å². The van der Waals surface area contributed by atoms with Gasteiger partial charge in [0.15, 0.2) is 0 Å². The molecule has 1 aromatic rings. The van der Waals surface area contributed by atoms with E-state index in [1.165, 1.54) is 14.2 Å². The molecule has 0 unspecified atom stereocenters. The van der Waals surface area contributed by atoms with Crippen molar-refractivity contribution in [2.45, 2.75) is 0 Å². The van der Waals surface area contributed by atoms with E-state index in [-0.39, 0.29) is 5.56 Å². The Morgan fingerprint density at radius 3 is 2.00 bits per heavy atom. The van der Waals surface area contributed by atoms with Crippen molar-refractivity contribution >= 4 is 5.97 Å². The maximum absolute atomic E-state index is 10.8. The molecule has 0 bridgehead atoms. The summed E-state index contributed by atoms with van der Waals surface area (Å²) in [4.78, 5) is 10.8. The highest BCUT2D eigenvalue weighted by Crippen LogP contribution is 2.27. The Hall–Kier alpha value is -1.71. The standard InChI is InChI=1S/C9H10O4/c1-12-6-4-3-5-7(13-2)8(6)9(10)11/h3-5H,1-2H3,(H,10,11). The second-order valence-electron chi connectivity index (χ2n) is 2.34. The number of ether oxygens (including phenoxy) is 2. The van der Waals surface area contributed by atoms with E-state index in [0.717, 1.165) is 0 Å². The van der Waals surface area contributed by atoms with Crippen LogP contribution in [-0.4, -0.2) is 25.3 Å². The lowest BCUT2D eigenvalue weighted by Crippen LogP contribution is -2.03. The zero-order valence-corrected chi connectivity index (χ0v) is 7.40. The Morgan fingerprint density at radius 1 is 1.23 bits per heavy atom. The summed E-state index contributed by atoms with van der Waals surface area (Å²) in [7, 11) is 2.84. The molecule has 0 fully saturated rings. The molecule has 0 spiro atoms. The largest absolute Gasteiger partial charge is 0.496 e. The Morgan fingerprint density at radius 2 is 1.69 bits per heavy atom. The first-order valence-electron chi connectivity index (χ1n) is 3.65. The summed E-state index contributed by atoms with van der Waals surface area (Å²) in [6.07, 6.45) is 0. The fraction of sp³-hybridized carbons (Fsp3) is 0.222. The molecule has 0 amide bonds. The van der Waals surface area contributed by atoms with Gasteiger partial charge in [0, 0.05) is 0 Å². The first-order valence-corrected chi connectivity index (χ1v) is 3.65. The van der Waals surface area contributed by atoms with Gasteiger partial charge in [0.1, 0.15) is 17.1 Å². The summed E-state index contributed by atoms with van der Waals surface area (Å²) in [6, 6.07) is 4.82. The number of carbonyl (C=O) groups is 1. The first kappa shape index (κ1) is 9.38. The molecule has 0 aliphatic rings. The van der Waals surface area contributed by atoms with Crippen LogP contribution in [0.1, 0.15) is 10.4 Å². The molecule has 0 radical (unpaired) electrons. The van der Waals surface area contributed by atoms with Crippen molar-refractivity contribution < 1.29 is 19.4 Å². The lowest BCUT2D eigenvalue weighted by Gasteiger charge is -2.08. The monoisotopic (exact) mass is 182 g/mol. The van der Waals surface area contributed by atoms with Crippen LogP contribution >= 0.6 is 0 Å². The molecule has 70 valence electrons. The Bertz CT molecular complexity index is 297. The van der Waals surface area contributed by atoms with Gasteiger partial charge < -0.3 is 14.6 Å². The van der Waals surface area contributed by atoms with E-state index in [4.69, 9.17) is 14.6 Å². The van der Waals surface area contributed by atoms with Crippen molar-refractivity contribution in [3.05, 3.63) is 23.8 Å². The lowest BCUT2D eigenvalue weighted by atomic mass is 10.2. The second-order valence-corrected chi connectivity index (χ2v) is 2.34. The molecule has 0 aliphatic heterocycles. The van der Waals surface area contributed by atoms with Crippen molar-refractivity contribution in [2.24, 2.45) is 0 Å². The smallest absolute Gasteiger partial charge is 0.343 e. The van der Waals surface area contributed by atoms with Crippen molar-refractivity contribution in [3.63, 3.8) is 0 Å². The normalized spacial score (nSPS) is 9.38. The maximum Gasteiger partial charge on any atom is 0.343 e. The molecule has 1 aromatic carbocycles. The van der Waals surface area contributed by atoms with Crippen LogP contribution in [0.2, 0.25) is 0 Å². The number of hydrogen-bond donors (Lipinski definition) is 1. The molecule has 1 N–H and O–H groups in total. The van der Waals surface area contributed by atoms with Gasteiger partial charge in [0.2, 0.25) is 0 Å². The lowest BCUT2D eigenvalue weighted by molar-refractivity contribution is 0.0689. The molecule has 0 heterocycles. The molecule has 4 nitrogen and oxygen atoms in total. The summed E-state index contributed by atoms with van der Waals surface area (Å²) in [5, 5.41) is 8.85. The van der Waals surface area contributed by atoms with E-state index >= 15 is 0 Å². The van der Waals surface area contributed by atoms with E-state index in [1.807, 2.05) is 0 Å². The van der Waals surface area contributed by atoms with Gasteiger partial charge in [-0.3, -0.25) is 0 Å². The number of carboxylic acids is 1. The van der Waals surface area contributed by atoms with Crippen LogP contribution in [-0.2, 0) is 0 Å². The molecular formula is C9H10O4. The van der Waals surface area contributed by atoms with Gasteiger partial charge in [-0.1, -0.05) is 6.07 Å². The average molecular weight is 182 g/mol. The van der Waals surface area contributed by atoms with Crippen molar-refractivity contribution in [2.75, 3.05) is 14.2 Å². The van der Waals surface area contributed by atoms with Crippen molar-refractivity contribution in [3.8, 4) is 11.5 Å². The number of methoxy groups -OCH3 is 2. The van der Waals surface area contributed by atoms with Crippen LogP contribution in [0.5, 0.6) is 11.5 Å². The van der Waals surface area contributed by atoms with Gasteiger partial charge >= 0.3 is 5.97 Å². The fourth-order valence-electron chi connectivity index (χ4n) is 1.06. The van der Waals surface area contributed by atoms with Gasteiger partial charge in [-0.25, -0.2) is 4.79 Å². The highest BCUT2D eigenvalue weighted by molar-refractivity contribution is 5.94. The zero-order chi connectivity index (χ0) is 9.84. The molecule has 0 saturated heterocycles. The van der Waals surface area contributed by atoms with Gasteiger partial charge in [0.05, 0.1) is 14.2 Å². The summed E-state index contributed by atoms with van der Waals surface area (Å²) in [5.74, 6) is -0.465. The third-order valence-corrected chi connectivity index (χ3v) is 1.64. The van der Waals surface area contributed by atoms with Crippen LogP contribution in [0.3, 0.4) is 0 Å². The fourth-order valence-corrected chi connectivity index (χ4v) is 1.06. The molecule has 0 aliphatic carbocycles. The van der Waals surface area contributed by atoms with E-state index in [0.29, 0.717) is 11.5 Å². The maximum atomic E-state index is 10.8. The number of aromatic carboxylic acids is 1. The number of carboxylic acid groups (broad SMARTS) is 1. The molecule has 4 heteroatoms. The van der Waals surface area contributed by atoms with Crippen LogP contribution in [0, 0.1) is 0 Å². The van der Waals surface area contributed by atoms with Gasteiger partial charge in [0.25, 0.3) is 0 Å². The predicted molar refractivity (Wildman–Crippen MR) is 46.5 cm³/mol. The van der Waals surface area contributed by atoms with E-state index in [2.05, 4.69) is 0 Å². The molecule has 13 heavy (non-hydrogen) atoms. The summed E-state index contributed by atoms with van der Waals surface area (Å²) >= 11 is 0. The van der Waals surface area contributed by atoms with Crippen LogP contribution in [0.4, 0.5) is 0 Å². The van der Waals surface area contributed by atoms with Crippen LogP contribution < -0.4 is 9.47 Å². The third-order valence-electron chi connectivity index (χ3n) is 1.64.